The highest BCUT2D eigenvalue weighted by atomic mass is 16.5. The molecule has 0 atom stereocenters. The van der Waals surface area contributed by atoms with Crippen molar-refractivity contribution >= 4 is 34.8 Å². The molecule has 0 saturated heterocycles. The van der Waals surface area contributed by atoms with Crippen LogP contribution in [0.2, 0.25) is 0 Å². The van der Waals surface area contributed by atoms with E-state index >= 15 is 0 Å². The Balaban J connectivity index is 1.53. The predicted molar refractivity (Wildman–Crippen MR) is 125 cm³/mol. The van der Waals surface area contributed by atoms with Gasteiger partial charge in [-0.15, -0.1) is 0 Å². The third kappa shape index (κ3) is 6.28. The lowest BCUT2D eigenvalue weighted by Crippen LogP contribution is -2.27. The predicted octanol–water partition coefficient (Wildman–Crippen LogP) is 4.93. The number of benzene rings is 3. The van der Waals surface area contributed by atoms with Crippen LogP contribution in [0.15, 0.2) is 78.9 Å². The van der Waals surface area contributed by atoms with Gasteiger partial charge < -0.3 is 10.1 Å². The first-order chi connectivity index (χ1) is 15.4. The van der Waals surface area contributed by atoms with Crippen molar-refractivity contribution in [1.82, 2.24) is 0 Å². The second-order valence-corrected chi connectivity index (χ2v) is 7.41. The molecule has 0 aliphatic heterocycles. The van der Waals surface area contributed by atoms with Gasteiger partial charge >= 0.3 is 5.97 Å². The Labute approximate surface area is 187 Å². The molecular formula is C26H26N2O4. The van der Waals surface area contributed by atoms with Crippen LogP contribution in [0.5, 0.6) is 0 Å². The average molecular weight is 431 g/mol. The number of hydrogen-bond donors (Lipinski definition) is 1. The molecule has 0 saturated carbocycles. The summed E-state index contributed by atoms with van der Waals surface area (Å²) in [4.78, 5) is 38.7. The van der Waals surface area contributed by atoms with Crippen molar-refractivity contribution in [2.75, 3.05) is 16.8 Å². The Hall–Kier alpha value is -3.93. The summed E-state index contributed by atoms with van der Waals surface area (Å²) in [5.41, 5.74) is 4.25. The minimum absolute atomic E-state index is 0.0403. The third-order valence-electron chi connectivity index (χ3n) is 4.98. The molecule has 2 amide bonds. The van der Waals surface area contributed by atoms with Crippen LogP contribution in [-0.2, 0) is 19.1 Å². The van der Waals surface area contributed by atoms with Crippen molar-refractivity contribution in [3.05, 3.63) is 90.0 Å². The lowest BCUT2D eigenvalue weighted by Gasteiger charge is -2.23. The zero-order valence-corrected chi connectivity index (χ0v) is 18.2. The topological polar surface area (TPSA) is 75.7 Å². The molecule has 0 aliphatic rings. The third-order valence-corrected chi connectivity index (χ3v) is 4.98. The summed E-state index contributed by atoms with van der Waals surface area (Å²) in [6, 6.07) is 24.0. The smallest absolute Gasteiger partial charge is 0.306 e. The van der Waals surface area contributed by atoms with Crippen molar-refractivity contribution in [1.29, 1.82) is 0 Å². The van der Waals surface area contributed by atoms with E-state index in [1.54, 1.807) is 11.0 Å². The Morgan fingerprint density at radius 2 is 1.38 bits per heavy atom. The molecule has 0 radical (unpaired) electrons. The van der Waals surface area contributed by atoms with Crippen LogP contribution < -0.4 is 10.2 Å². The molecule has 0 fully saturated rings. The molecule has 3 rings (SSSR count). The van der Waals surface area contributed by atoms with E-state index in [9.17, 15) is 14.4 Å². The largest absolute Gasteiger partial charge is 0.456 e. The van der Waals surface area contributed by atoms with Gasteiger partial charge in [0.1, 0.15) is 0 Å². The normalized spacial score (nSPS) is 10.3. The van der Waals surface area contributed by atoms with Gasteiger partial charge in [-0.05, 0) is 61.4 Å². The van der Waals surface area contributed by atoms with Crippen LogP contribution >= 0.6 is 0 Å². The molecule has 3 aromatic rings. The van der Waals surface area contributed by atoms with Crippen molar-refractivity contribution in [2.24, 2.45) is 0 Å². The number of esters is 1. The molecule has 1 N–H and O–H groups in total. The fraction of sp³-hybridized carbons (Fsp3) is 0.192. The molecule has 0 unspecified atom stereocenters. The Bertz CT molecular complexity index is 1040. The van der Waals surface area contributed by atoms with E-state index in [1.165, 1.54) is 0 Å². The minimum Gasteiger partial charge on any atom is -0.456 e. The summed E-state index contributed by atoms with van der Waals surface area (Å²) in [6.07, 6.45) is -0.159. The Morgan fingerprint density at radius 3 is 1.94 bits per heavy atom. The van der Waals surface area contributed by atoms with E-state index in [4.69, 9.17) is 4.74 Å². The second kappa shape index (κ2) is 10.9. The van der Waals surface area contributed by atoms with E-state index < -0.39 is 18.5 Å². The maximum Gasteiger partial charge on any atom is 0.306 e. The van der Waals surface area contributed by atoms with Crippen LogP contribution in [0, 0.1) is 13.8 Å². The van der Waals surface area contributed by atoms with E-state index in [1.807, 2.05) is 86.6 Å². The monoisotopic (exact) mass is 430 g/mol. The lowest BCUT2D eigenvalue weighted by molar-refractivity contribution is -0.148. The number of carbonyl (C=O) groups is 3. The van der Waals surface area contributed by atoms with E-state index in [0.717, 1.165) is 11.1 Å². The quantitative estimate of drug-likeness (QED) is 0.514. The molecule has 164 valence electrons. The number of hydrogen-bond acceptors (Lipinski definition) is 4. The van der Waals surface area contributed by atoms with Gasteiger partial charge in [0.25, 0.3) is 5.91 Å². The van der Waals surface area contributed by atoms with Crippen LogP contribution in [0.4, 0.5) is 17.1 Å². The second-order valence-electron chi connectivity index (χ2n) is 7.41. The first kappa shape index (κ1) is 22.7. The highest BCUT2D eigenvalue weighted by molar-refractivity contribution is 6.01. The van der Waals surface area contributed by atoms with Gasteiger partial charge in [0.2, 0.25) is 5.91 Å². The lowest BCUT2D eigenvalue weighted by atomic mass is 10.1. The van der Waals surface area contributed by atoms with Crippen molar-refractivity contribution in [2.45, 2.75) is 26.7 Å². The van der Waals surface area contributed by atoms with Crippen LogP contribution in [0.25, 0.3) is 0 Å². The summed E-state index contributed by atoms with van der Waals surface area (Å²) in [5.74, 6) is -1.27. The average Bonchev–Trinajstić information content (AvgIpc) is 2.80. The molecule has 32 heavy (non-hydrogen) atoms. The van der Waals surface area contributed by atoms with Gasteiger partial charge in [-0.1, -0.05) is 42.5 Å². The number of nitrogens with zero attached hydrogens (tertiary/aromatic N) is 1. The first-order valence-corrected chi connectivity index (χ1v) is 10.4. The van der Waals surface area contributed by atoms with E-state index in [-0.39, 0.29) is 18.7 Å². The number of carbonyl (C=O) groups excluding carboxylic acids is 3. The molecular weight excluding hydrogens is 404 g/mol. The van der Waals surface area contributed by atoms with Gasteiger partial charge in [-0.2, -0.15) is 0 Å². The van der Waals surface area contributed by atoms with Crippen LogP contribution in [-0.4, -0.2) is 24.4 Å². The van der Waals surface area contributed by atoms with Crippen molar-refractivity contribution in [3.63, 3.8) is 0 Å². The van der Waals surface area contributed by atoms with Gasteiger partial charge in [0.05, 0.1) is 6.42 Å². The zero-order valence-electron chi connectivity index (χ0n) is 18.2. The Morgan fingerprint density at radius 1 is 0.781 bits per heavy atom. The van der Waals surface area contributed by atoms with Crippen LogP contribution in [0.3, 0.4) is 0 Å². The van der Waals surface area contributed by atoms with Gasteiger partial charge in [0.15, 0.2) is 6.61 Å². The SMILES string of the molecule is Cc1ccc(NC(=O)COC(=O)CCC(=O)N(c2ccccc2)c2ccccc2)cc1C. The molecule has 0 aromatic heterocycles. The Kier molecular flexibility index (Phi) is 7.75. The van der Waals surface area contributed by atoms with Crippen molar-refractivity contribution < 1.29 is 19.1 Å². The number of ether oxygens (including phenoxy) is 1. The number of aryl methyl sites for hydroxylation is 2. The van der Waals surface area contributed by atoms with Gasteiger partial charge in [0, 0.05) is 23.5 Å². The molecule has 0 bridgehead atoms. The first-order valence-electron chi connectivity index (χ1n) is 10.4. The standard InChI is InChI=1S/C26H26N2O4/c1-19-13-14-21(17-20(19)2)27-24(29)18-32-26(31)16-15-25(30)28(22-9-5-3-6-10-22)23-11-7-4-8-12-23/h3-14,17H,15-16,18H2,1-2H3,(H,27,29). The number of rotatable bonds is 8. The summed E-state index contributed by atoms with van der Waals surface area (Å²) >= 11 is 0. The van der Waals surface area contributed by atoms with E-state index in [2.05, 4.69) is 5.32 Å². The van der Waals surface area contributed by atoms with Crippen molar-refractivity contribution in [3.8, 4) is 0 Å². The maximum absolute atomic E-state index is 12.9. The highest BCUT2D eigenvalue weighted by Gasteiger charge is 2.19. The number of amides is 2. The van der Waals surface area contributed by atoms with Gasteiger partial charge in [-0.25, -0.2) is 0 Å². The molecule has 3 aromatic carbocycles. The number of nitrogens with one attached hydrogen (secondary N) is 1. The maximum atomic E-state index is 12.9. The molecule has 0 aliphatic carbocycles. The molecule has 6 heteroatoms. The fourth-order valence-corrected chi connectivity index (χ4v) is 3.15. The van der Waals surface area contributed by atoms with Gasteiger partial charge in [-0.3, -0.25) is 19.3 Å². The zero-order chi connectivity index (χ0) is 22.9. The summed E-state index contributed by atoms with van der Waals surface area (Å²) in [6.45, 7) is 3.54. The number of anilines is 3. The highest BCUT2D eigenvalue weighted by Crippen LogP contribution is 2.26. The molecule has 6 nitrogen and oxygen atoms in total. The molecule has 0 spiro atoms. The fourth-order valence-electron chi connectivity index (χ4n) is 3.15. The molecule has 0 heterocycles. The summed E-state index contributed by atoms with van der Waals surface area (Å²) < 4.78 is 5.05. The van der Waals surface area contributed by atoms with Crippen LogP contribution in [0.1, 0.15) is 24.0 Å². The minimum atomic E-state index is -0.602. The van der Waals surface area contributed by atoms with E-state index in [0.29, 0.717) is 17.1 Å². The summed E-state index contributed by atoms with van der Waals surface area (Å²) in [5, 5.41) is 2.70. The number of para-hydroxylation sites is 2. The summed E-state index contributed by atoms with van der Waals surface area (Å²) in [7, 11) is 0.